The molecule has 0 saturated heterocycles. The summed E-state index contributed by atoms with van der Waals surface area (Å²) in [7, 11) is 0. The van der Waals surface area contributed by atoms with Crippen LogP contribution >= 0.6 is 15.9 Å². The molecule has 2 aromatic carbocycles. The first-order chi connectivity index (χ1) is 13.2. The number of urea groups is 1. The van der Waals surface area contributed by atoms with E-state index in [9.17, 15) is 4.79 Å². The number of hydrogen-bond acceptors (Lipinski definition) is 4. The fraction of sp³-hybridized carbons (Fsp3) is 0.158. The summed E-state index contributed by atoms with van der Waals surface area (Å²) >= 11 is 3.45. The van der Waals surface area contributed by atoms with E-state index in [0.29, 0.717) is 24.6 Å². The number of carbonyl (C=O) groups is 1. The van der Waals surface area contributed by atoms with Crippen molar-refractivity contribution >= 4 is 27.6 Å². The van der Waals surface area contributed by atoms with Gasteiger partial charge in [-0.25, -0.2) is 4.79 Å². The quantitative estimate of drug-likeness (QED) is 0.648. The standard InChI is InChI=1S/C19H17BrN4O3/c20-16-8-14(9-17-18(16)27-12-26-17)10-21-19(25)23-15-4-1-3-13(7-15)11-24-6-2-5-22-24/h1-9H,10-12H2,(H2,21,23,25). The van der Waals surface area contributed by atoms with E-state index in [-0.39, 0.29) is 12.8 Å². The molecule has 2 heterocycles. The number of hydrogen-bond donors (Lipinski definition) is 2. The van der Waals surface area contributed by atoms with Gasteiger partial charge in [0.25, 0.3) is 0 Å². The van der Waals surface area contributed by atoms with E-state index in [2.05, 4.69) is 31.7 Å². The van der Waals surface area contributed by atoms with E-state index in [1.807, 2.05) is 53.3 Å². The summed E-state index contributed by atoms with van der Waals surface area (Å²) in [6, 6.07) is 13.0. The fourth-order valence-corrected chi connectivity index (χ4v) is 3.41. The van der Waals surface area contributed by atoms with E-state index in [0.717, 1.165) is 21.3 Å². The Bertz CT molecular complexity index is 960. The van der Waals surface area contributed by atoms with Gasteiger partial charge in [-0.3, -0.25) is 4.68 Å². The summed E-state index contributed by atoms with van der Waals surface area (Å²) in [5.74, 6) is 1.37. The summed E-state index contributed by atoms with van der Waals surface area (Å²) in [6.07, 6.45) is 3.64. The second-order valence-electron chi connectivity index (χ2n) is 6.02. The predicted octanol–water partition coefficient (Wildman–Crippen LogP) is 3.74. The van der Waals surface area contributed by atoms with Gasteiger partial charge >= 0.3 is 6.03 Å². The van der Waals surface area contributed by atoms with Crippen molar-refractivity contribution in [2.24, 2.45) is 0 Å². The zero-order valence-electron chi connectivity index (χ0n) is 14.3. The van der Waals surface area contributed by atoms with Crippen molar-refractivity contribution in [2.45, 2.75) is 13.1 Å². The topological polar surface area (TPSA) is 77.4 Å². The number of rotatable bonds is 5. The maximum Gasteiger partial charge on any atom is 0.319 e. The Morgan fingerprint density at radius 1 is 1.19 bits per heavy atom. The molecule has 0 unspecified atom stereocenters. The van der Waals surface area contributed by atoms with Crippen LogP contribution in [-0.2, 0) is 13.1 Å². The number of anilines is 1. The molecule has 0 spiro atoms. The Morgan fingerprint density at radius 3 is 2.96 bits per heavy atom. The first-order valence-electron chi connectivity index (χ1n) is 8.36. The highest BCUT2D eigenvalue weighted by atomic mass is 79.9. The van der Waals surface area contributed by atoms with Crippen LogP contribution in [0.15, 0.2) is 59.3 Å². The molecule has 0 aliphatic carbocycles. The van der Waals surface area contributed by atoms with Gasteiger partial charge in [-0.1, -0.05) is 12.1 Å². The zero-order chi connectivity index (χ0) is 18.6. The third kappa shape index (κ3) is 4.22. The average molecular weight is 429 g/mol. The number of ether oxygens (including phenoxy) is 2. The lowest BCUT2D eigenvalue weighted by atomic mass is 10.2. The molecule has 138 valence electrons. The average Bonchev–Trinajstić information content (AvgIpc) is 3.32. The number of nitrogens with zero attached hydrogens (tertiary/aromatic N) is 2. The number of carbonyl (C=O) groups excluding carboxylic acids is 1. The molecule has 1 aromatic heterocycles. The minimum Gasteiger partial charge on any atom is -0.454 e. The maximum absolute atomic E-state index is 12.2. The van der Waals surface area contributed by atoms with Crippen LogP contribution in [-0.4, -0.2) is 22.6 Å². The molecular formula is C19H17BrN4O3. The largest absolute Gasteiger partial charge is 0.454 e. The second kappa shape index (κ2) is 7.71. The van der Waals surface area contributed by atoms with Crippen molar-refractivity contribution in [2.75, 3.05) is 12.1 Å². The molecule has 1 aliphatic rings. The Balaban J connectivity index is 1.35. The van der Waals surface area contributed by atoms with Gasteiger partial charge in [0.15, 0.2) is 11.5 Å². The van der Waals surface area contributed by atoms with Gasteiger partial charge in [-0.05, 0) is 57.4 Å². The van der Waals surface area contributed by atoms with Gasteiger partial charge in [0, 0.05) is 24.6 Å². The Labute approximate surface area is 164 Å². The normalized spacial score (nSPS) is 12.0. The number of benzene rings is 2. The van der Waals surface area contributed by atoms with E-state index in [4.69, 9.17) is 9.47 Å². The van der Waals surface area contributed by atoms with Crippen molar-refractivity contribution in [3.8, 4) is 11.5 Å². The number of aromatic nitrogens is 2. The highest BCUT2D eigenvalue weighted by molar-refractivity contribution is 9.10. The van der Waals surface area contributed by atoms with Crippen LogP contribution in [0.4, 0.5) is 10.5 Å². The molecule has 2 N–H and O–H groups in total. The number of fused-ring (bicyclic) bond motifs is 1. The van der Waals surface area contributed by atoms with Crippen molar-refractivity contribution in [1.29, 1.82) is 0 Å². The molecule has 0 radical (unpaired) electrons. The Kier molecular flexibility index (Phi) is 4.97. The molecule has 0 atom stereocenters. The van der Waals surface area contributed by atoms with Crippen LogP contribution < -0.4 is 20.1 Å². The molecule has 0 fully saturated rings. The number of amides is 2. The molecule has 8 heteroatoms. The van der Waals surface area contributed by atoms with Gasteiger partial charge in [0.05, 0.1) is 11.0 Å². The summed E-state index contributed by atoms with van der Waals surface area (Å²) < 4.78 is 13.4. The molecule has 27 heavy (non-hydrogen) atoms. The summed E-state index contributed by atoms with van der Waals surface area (Å²) in [6.45, 7) is 1.23. The molecule has 7 nitrogen and oxygen atoms in total. The molecule has 0 saturated carbocycles. The highest BCUT2D eigenvalue weighted by Gasteiger charge is 2.18. The first kappa shape index (κ1) is 17.4. The van der Waals surface area contributed by atoms with Gasteiger partial charge in [0.2, 0.25) is 6.79 Å². The minimum absolute atomic E-state index is 0.209. The van der Waals surface area contributed by atoms with Gasteiger partial charge in [-0.15, -0.1) is 0 Å². The van der Waals surface area contributed by atoms with Gasteiger partial charge in [0.1, 0.15) is 0 Å². The van der Waals surface area contributed by atoms with Crippen molar-refractivity contribution in [3.63, 3.8) is 0 Å². The smallest absolute Gasteiger partial charge is 0.319 e. The van der Waals surface area contributed by atoms with Crippen molar-refractivity contribution in [1.82, 2.24) is 15.1 Å². The van der Waals surface area contributed by atoms with Gasteiger partial charge < -0.3 is 20.1 Å². The highest BCUT2D eigenvalue weighted by Crippen LogP contribution is 2.39. The molecule has 4 rings (SSSR count). The lowest BCUT2D eigenvalue weighted by Crippen LogP contribution is -2.28. The fourth-order valence-electron chi connectivity index (χ4n) is 2.81. The van der Waals surface area contributed by atoms with E-state index >= 15 is 0 Å². The van der Waals surface area contributed by atoms with Crippen LogP contribution in [0.25, 0.3) is 0 Å². The third-order valence-electron chi connectivity index (χ3n) is 4.03. The van der Waals surface area contributed by atoms with Gasteiger partial charge in [-0.2, -0.15) is 5.10 Å². The van der Waals surface area contributed by atoms with Crippen molar-refractivity contribution in [3.05, 3.63) is 70.5 Å². The minimum atomic E-state index is -0.278. The van der Waals surface area contributed by atoms with E-state index < -0.39 is 0 Å². The maximum atomic E-state index is 12.2. The Hall–Kier alpha value is -3.00. The van der Waals surface area contributed by atoms with Crippen LogP contribution in [0.5, 0.6) is 11.5 Å². The van der Waals surface area contributed by atoms with Crippen LogP contribution in [0, 0.1) is 0 Å². The molecule has 3 aromatic rings. The molecule has 1 aliphatic heterocycles. The second-order valence-corrected chi connectivity index (χ2v) is 6.88. The summed E-state index contributed by atoms with van der Waals surface area (Å²) in [4.78, 5) is 12.2. The monoisotopic (exact) mass is 428 g/mol. The Morgan fingerprint density at radius 2 is 2.11 bits per heavy atom. The van der Waals surface area contributed by atoms with E-state index in [1.54, 1.807) is 6.20 Å². The van der Waals surface area contributed by atoms with Crippen LogP contribution in [0.3, 0.4) is 0 Å². The first-order valence-corrected chi connectivity index (χ1v) is 9.16. The lowest BCUT2D eigenvalue weighted by Gasteiger charge is -2.10. The van der Waals surface area contributed by atoms with E-state index in [1.165, 1.54) is 0 Å². The molecule has 0 bridgehead atoms. The number of halogens is 1. The van der Waals surface area contributed by atoms with Crippen LogP contribution in [0.1, 0.15) is 11.1 Å². The van der Waals surface area contributed by atoms with Crippen molar-refractivity contribution < 1.29 is 14.3 Å². The van der Waals surface area contributed by atoms with Crippen LogP contribution in [0.2, 0.25) is 0 Å². The zero-order valence-corrected chi connectivity index (χ0v) is 15.9. The summed E-state index contributed by atoms with van der Waals surface area (Å²) in [5.41, 5.74) is 2.69. The lowest BCUT2D eigenvalue weighted by molar-refractivity contribution is 0.173. The predicted molar refractivity (Wildman–Crippen MR) is 104 cm³/mol. The SMILES string of the molecule is O=C(NCc1cc(Br)c2c(c1)OCO2)Nc1cccc(Cn2cccn2)c1. The molecule has 2 amide bonds. The summed E-state index contributed by atoms with van der Waals surface area (Å²) in [5, 5.41) is 9.89. The molecular weight excluding hydrogens is 412 g/mol. The number of nitrogens with one attached hydrogen (secondary N) is 2. The third-order valence-corrected chi connectivity index (χ3v) is 4.62.